The molecule has 0 fully saturated rings. The van der Waals surface area contributed by atoms with Gasteiger partial charge < -0.3 is 15.5 Å². The second-order valence-corrected chi connectivity index (χ2v) is 6.22. The molecule has 0 saturated carbocycles. The van der Waals surface area contributed by atoms with Gasteiger partial charge in [-0.3, -0.25) is 0 Å². The molecule has 0 aliphatic carbocycles. The number of hydrogen-bond donors (Lipinski definition) is 2. The van der Waals surface area contributed by atoms with E-state index in [9.17, 15) is 0 Å². The maximum atomic E-state index is 5.32. The van der Waals surface area contributed by atoms with Crippen LogP contribution in [0.4, 0.5) is 0 Å². The molecule has 1 aromatic heterocycles. The van der Waals surface area contributed by atoms with Crippen molar-refractivity contribution in [3.05, 3.63) is 47.3 Å². The zero-order valence-electron chi connectivity index (χ0n) is 14.3. The first kappa shape index (κ1) is 17.4. The molecular formula is C17H25N5S. The standard InChI is InChI=1S/C17H25N5S/c1-13-16(12-19-17(23)18-10-11-21(3)4)14(2)22(20-13)15-8-6-5-7-9-15/h5-9H,10-12H2,1-4H3,(H2,18,19,23). The molecule has 0 radical (unpaired) electrons. The van der Waals surface area contributed by atoms with Crippen LogP contribution >= 0.6 is 12.2 Å². The van der Waals surface area contributed by atoms with Crippen LogP contribution in [0.3, 0.4) is 0 Å². The highest BCUT2D eigenvalue weighted by atomic mass is 32.1. The number of likely N-dealkylation sites (N-methyl/N-ethyl adjacent to an activating group) is 1. The van der Waals surface area contributed by atoms with Crippen LogP contribution in [0.15, 0.2) is 30.3 Å². The minimum atomic E-state index is 0.679. The third kappa shape index (κ3) is 4.77. The molecule has 0 atom stereocenters. The van der Waals surface area contributed by atoms with Crippen molar-refractivity contribution in [1.82, 2.24) is 25.3 Å². The lowest BCUT2D eigenvalue weighted by atomic mass is 10.2. The third-order valence-corrected chi connectivity index (χ3v) is 4.00. The van der Waals surface area contributed by atoms with Crippen molar-refractivity contribution in [3.8, 4) is 5.69 Å². The maximum Gasteiger partial charge on any atom is 0.166 e. The monoisotopic (exact) mass is 331 g/mol. The van der Waals surface area contributed by atoms with Gasteiger partial charge in [-0.05, 0) is 52.3 Å². The highest BCUT2D eigenvalue weighted by Gasteiger charge is 2.12. The van der Waals surface area contributed by atoms with E-state index < -0.39 is 0 Å². The van der Waals surface area contributed by atoms with E-state index in [1.165, 1.54) is 5.56 Å². The number of hydrogen-bond acceptors (Lipinski definition) is 3. The second-order valence-electron chi connectivity index (χ2n) is 5.81. The lowest BCUT2D eigenvalue weighted by molar-refractivity contribution is 0.412. The van der Waals surface area contributed by atoms with Crippen LogP contribution in [-0.2, 0) is 6.54 Å². The minimum absolute atomic E-state index is 0.679. The van der Waals surface area contributed by atoms with Gasteiger partial charge in [-0.1, -0.05) is 18.2 Å². The van der Waals surface area contributed by atoms with E-state index in [1.54, 1.807) is 0 Å². The lowest BCUT2D eigenvalue weighted by Gasteiger charge is -2.13. The molecule has 23 heavy (non-hydrogen) atoms. The molecule has 0 spiro atoms. The molecule has 5 nitrogen and oxygen atoms in total. The van der Waals surface area contributed by atoms with Gasteiger partial charge in [0.15, 0.2) is 5.11 Å². The largest absolute Gasteiger partial charge is 0.361 e. The Morgan fingerprint density at radius 1 is 1.17 bits per heavy atom. The van der Waals surface area contributed by atoms with Crippen molar-refractivity contribution >= 4 is 17.3 Å². The summed E-state index contributed by atoms with van der Waals surface area (Å²) in [5.41, 5.74) is 4.42. The number of aromatic nitrogens is 2. The number of nitrogens with one attached hydrogen (secondary N) is 2. The maximum absolute atomic E-state index is 5.32. The SMILES string of the molecule is Cc1nn(-c2ccccc2)c(C)c1CNC(=S)NCCN(C)C. The Balaban J connectivity index is 1.99. The Labute approximate surface area is 143 Å². The summed E-state index contributed by atoms with van der Waals surface area (Å²) in [4.78, 5) is 2.12. The molecule has 124 valence electrons. The lowest BCUT2D eigenvalue weighted by Crippen LogP contribution is -2.38. The molecule has 2 aromatic rings. The molecular weight excluding hydrogens is 306 g/mol. The van der Waals surface area contributed by atoms with Gasteiger partial charge in [0.05, 0.1) is 11.4 Å². The molecule has 0 aliphatic heterocycles. The van der Waals surface area contributed by atoms with E-state index in [-0.39, 0.29) is 0 Å². The van der Waals surface area contributed by atoms with Crippen molar-refractivity contribution in [2.75, 3.05) is 27.2 Å². The first-order valence-corrected chi connectivity index (χ1v) is 8.17. The van der Waals surface area contributed by atoms with E-state index in [0.29, 0.717) is 11.7 Å². The van der Waals surface area contributed by atoms with Crippen molar-refractivity contribution in [1.29, 1.82) is 0 Å². The summed E-state index contributed by atoms with van der Waals surface area (Å²) in [6.07, 6.45) is 0. The van der Waals surface area contributed by atoms with Crippen molar-refractivity contribution in [2.45, 2.75) is 20.4 Å². The summed E-state index contributed by atoms with van der Waals surface area (Å²) in [7, 11) is 4.09. The number of rotatable bonds is 6. The molecule has 6 heteroatoms. The number of thiocarbonyl (C=S) groups is 1. The Morgan fingerprint density at radius 2 is 1.87 bits per heavy atom. The van der Waals surface area contributed by atoms with Crippen LogP contribution in [0.25, 0.3) is 5.69 Å². The van der Waals surface area contributed by atoms with Gasteiger partial charge in [-0.2, -0.15) is 5.10 Å². The van der Waals surface area contributed by atoms with Gasteiger partial charge >= 0.3 is 0 Å². The molecule has 0 aliphatic rings. The van der Waals surface area contributed by atoms with Crippen LogP contribution in [0.5, 0.6) is 0 Å². The van der Waals surface area contributed by atoms with Gasteiger partial charge in [-0.25, -0.2) is 4.68 Å². The summed E-state index contributed by atoms with van der Waals surface area (Å²) in [5, 5.41) is 11.8. The number of nitrogens with zero attached hydrogens (tertiary/aromatic N) is 3. The Bertz CT molecular complexity index is 649. The van der Waals surface area contributed by atoms with Crippen LogP contribution in [0.1, 0.15) is 17.0 Å². The van der Waals surface area contributed by atoms with Gasteiger partial charge in [0.25, 0.3) is 0 Å². The van der Waals surface area contributed by atoms with E-state index in [1.807, 2.05) is 43.9 Å². The Kier molecular flexibility index (Phi) is 6.12. The molecule has 2 rings (SSSR count). The van der Waals surface area contributed by atoms with Crippen molar-refractivity contribution in [3.63, 3.8) is 0 Å². The Hall–Kier alpha value is -1.92. The van der Waals surface area contributed by atoms with Crippen LogP contribution in [-0.4, -0.2) is 47.0 Å². The number of aryl methyl sites for hydroxylation is 1. The predicted octanol–water partition coefficient (Wildman–Crippen LogP) is 2.01. The summed E-state index contributed by atoms with van der Waals surface area (Å²) in [5.74, 6) is 0. The van der Waals surface area contributed by atoms with Crippen LogP contribution in [0.2, 0.25) is 0 Å². The number of para-hydroxylation sites is 1. The molecule has 1 aromatic carbocycles. The van der Waals surface area contributed by atoms with Gasteiger partial charge in [-0.15, -0.1) is 0 Å². The molecule has 0 saturated heterocycles. The quantitative estimate of drug-likeness (QED) is 0.793. The molecule has 0 amide bonds. The molecule has 2 N–H and O–H groups in total. The number of benzene rings is 1. The Morgan fingerprint density at radius 3 is 2.52 bits per heavy atom. The zero-order chi connectivity index (χ0) is 16.8. The zero-order valence-corrected chi connectivity index (χ0v) is 15.1. The van der Waals surface area contributed by atoms with Gasteiger partial charge in [0, 0.05) is 30.9 Å². The predicted molar refractivity (Wildman–Crippen MR) is 99.0 cm³/mol. The fraction of sp³-hybridized carbons (Fsp3) is 0.412. The van der Waals surface area contributed by atoms with E-state index in [0.717, 1.165) is 30.2 Å². The third-order valence-electron chi connectivity index (χ3n) is 3.71. The van der Waals surface area contributed by atoms with Crippen LogP contribution in [0, 0.1) is 13.8 Å². The first-order valence-electron chi connectivity index (χ1n) is 7.76. The van der Waals surface area contributed by atoms with Crippen molar-refractivity contribution in [2.24, 2.45) is 0 Å². The topological polar surface area (TPSA) is 45.1 Å². The highest BCUT2D eigenvalue weighted by molar-refractivity contribution is 7.80. The highest BCUT2D eigenvalue weighted by Crippen LogP contribution is 2.17. The second kappa shape index (κ2) is 8.08. The molecule has 0 bridgehead atoms. The average molecular weight is 331 g/mol. The molecule has 1 heterocycles. The molecule has 0 unspecified atom stereocenters. The fourth-order valence-corrected chi connectivity index (χ4v) is 2.55. The van der Waals surface area contributed by atoms with Crippen molar-refractivity contribution < 1.29 is 0 Å². The van der Waals surface area contributed by atoms with Crippen LogP contribution < -0.4 is 10.6 Å². The average Bonchev–Trinajstić information content (AvgIpc) is 2.80. The van der Waals surface area contributed by atoms with E-state index in [4.69, 9.17) is 12.2 Å². The summed E-state index contributed by atoms with van der Waals surface area (Å²) in [6, 6.07) is 10.2. The summed E-state index contributed by atoms with van der Waals surface area (Å²) >= 11 is 5.32. The summed E-state index contributed by atoms with van der Waals surface area (Å²) in [6.45, 7) is 6.59. The summed E-state index contributed by atoms with van der Waals surface area (Å²) < 4.78 is 1.98. The van der Waals surface area contributed by atoms with Gasteiger partial charge in [0.2, 0.25) is 0 Å². The first-order chi connectivity index (χ1) is 11.0. The van der Waals surface area contributed by atoms with E-state index in [2.05, 4.69) is 39.7 Å². The normalized spacial score (nSPS) is 10.8. The van der Waals surface area contributed by atoms with E-state index >= 15 is 0 Å². The van der Waals surface area contributed by atoms with Gasteiger partial charge in [0.1, 0.15) is 0 Å². The minimum Gasteiger partial charge on any atom is -0.361 e. The fourth-order valence-electron chi connectivity index (χ4n) is 2.38. The smallest absolute Gasteiger partial charge is 0.166 e.